The molecule has 0 bridgehead atoms. The minimum absolute atomic E-state index is 0.278. The highest BCUT2D eigenvalue weighted by Crippen LogP contribution is 2.42. The third kappa shape index (κ3) is 4.41. The van der Waals surface area contributed by atoms with Crippen molar-refractivity contribution in [2.24, 2.45) is 0 Å². The minimum atomic E-state index is -0.278. The molecule has 0 saturated carbocycles. The number of rotatable bonds is 4. The van der Waals surface area contributed by atoms with Gasteiger partial charge in [-0.25, -0.2) is 0 Å². The second kappa shape index (κ2) is 11.4. The number of ether oxygens (including phenoxy) is 1. The molecular weight excluding hydrogens is 633 g/mol. The molecular formula is C48H30BNO2. The average Bonchev–Trinajstić information content (AvgIpc) is 3.55. The predicted octanol–water partition coefficient (Wildman–Crippen LogP) is 11.1. The topological polar surface area (TPSA) is 23.4 Å². The van der Waals surface area contributed by atoms with E-state index in [-0.39, 0.29) is 6.92 Å². The molecule has 9 aromatic rings. The van der Waals surface area contributed by atoms with Crippen molar-refractivity contribution in [2.75, 3.05) is 0 Å². The van der Waals surface area contributed by atoms with Gasteiger partial charge in [-0.3, -0.25) is 0 Å². The van der Waals surface area contributed by atoms with Crippen LogP contribution in [0.1, 0.15) is 0 Å². The van der Waals surface area contributed by atoms with Crippen molar-refractivity contribution in [1.82, 2.24) is 4.57 Å². The summed E-state index contributed by atoms with van der Waals surface area (Å²) in [6, 6.07) is 64.7. The average molecular weight is 664 g/mol. The Morgan fingerprint density at radius 3 is 1.81 bits per heavy atom. The van der Waals surface area contributed by atoms with Gasteiger partial charge in [0.05, 0.1) is 11.0 Å². The molecule has 11 rings (SSSR count). The number of hydrogen-bond acceptors (Lipinski definition) is 2. The molecule has 0 radical (unpaired) electrons. The van der Waals surface area contributed by atoms with E-state index in [0.717, 1.165) is 61.7 Å². The van der Waals surface area contributed by atoms with Crippen LogP contribution in [0.3, 0.4) is 0 Å². The molecule has 1 aromatic heterocycles. The molecule has 8 aromatic carbocycles. The van der Waals surface area contributed by atoms with Gasteiger partial charge in [-0.05, 0) is 81.4 Å². The molecule has 52 heavy (non-hydrogen) atoms. The summed E-state index contributed by atoms with van der Waals surface area (Å²) in [5, 5.41) is 2.51. The Morgan fingerprint density at radius 1 is 0.385 bits per heavy atom. The van der Waals surface area contributed by atoms with Gasteiger partial charge in [-0.1, -0.05) is 140 Å². The van der Waals surface area contributed by atoms with Gasteiger partial charge in [0.2, 0.25) is 0 Å². The van der Waals surface area contributed by atoms with Crippen LogP contribution in [0.4, 0.5) is 0 Å². The number of fused-ring (bicyclic) bond motifs is 7. The van der Waals surface area contributed by atoms with E-state index >= 15 is 0 Å². The number of para-hydroxylation sites is 2. The van der Waals surface area contributed by atoms with Crippen LogP contribution in [0.15, 0.2) is 182 Å². The van der Waals surface area contributed by atoms with E-state index in [9.17, 15) is 0 Å². The molecule has 0 aliphatic carbocycles. The Hall–Kier alpha value is -6.78. The van der Waals surface area contributed by atoms with Crippen molar-refractivity contribution < 1.29 is 9.39 Å². The molecule has 3 heterocycles. The molecule has 2 aliphatic rings. The minimum Gasteiger partial charge on any atom is -0.551 e. The first kappa shape index (κ1) is 29.0. The lowest BCUT2D eigenvalue weighted by Crippen LogP contribution is -2.53. The second-order valence-electron chi connectivity index (χ2n) is 13.6. The lowest BCUT2D eigenvalue weighted by atomic mass is 9.51. The maximum absolute atomic E-state index is 7.00. The van der Waals surface area contributed by atoms with Crippen molar-refractivity contribution in [2.45, 2.75) is 0 Å². The predicted molar refractivity (Wildman–Crippen MR) is 215 cm³/mol. The zero-order valence-corrected chi connectivity index (χ0v) is 28.2. The van der Waals surface area contributed by atoms with Gasteiger partial charge >= 0.3 is 6.92 Å². The summed E-state index contributed by atoms with van der Waals surface area (Å²) in [6.07, 6.45) is 0. The Morgan fingerprint density at radius 2 is 1.00 bits per heavy atom. The fourth-order valence-corrected chi connectivity index (χ4v) is 8.32. The molecule has 0 fully saturated rings. The second-order valence-corrected chi connectivity index (χ2v) is 13.6. The van der Waals surface area contributed by atoms with E-state index in [2.05, 4.69) is 187 Å². The van der Waals surface area contributed by atoms with Gasteiger partial charge < -0.3 is 14.0 Å². The van der Waals surface area contributed by atoms with Crippen molar-refractivity contribution in [1.29, 1.82) is 0 Å². The molecule has 3 nitrogen and oxygen atoms in total. The van der Waals surface area contributed by atoms with Gasteiger partial charge in [-0.2, -0.15) is 0 Å². The summed E-state index contributed by atoms with van der Waals surface area (Å²) < 4.78 is 16.0. The zero-order valence-electron chi connectivity index (χ0n) is 28.2. The monoisotopic (exact) mass is 663 g/mol. The van der Waals surface area contributed by atoms with Crippen molar-refractivity contribution in [3.63, 3.8) is 0 Å². The molecule has 0 N–H and O–H groups in total. The lowest BCUT2D eigenvalue weighted by molar-refractivity contribution is 0.479. The third-order valence-corrected chi connectivity index (χ3v) is 10.7. The summed E-state index contributed by atoms with van der Waals surface area (Å²) in [4.78, 5) is 0. The van der Waals surface area contributed by atoms with Gasteiger partial charge in [-0.15, -0.1) is 0 Å². The number of nitrogens with zero attached hydrogens (tertiary/aromatic N) is 1. The highest BCUT2D eigenvalue weighted by molar-refractivity contribution is 6.84. The van der Waals surface area contributed by atoms with E-state index in [0.29, 0.717) is 0 Å². The highest BCUT2D eigenvalue weighted by atomic mass is 16.5. The molecule has 0 atom stereocenters. The van der Waals surface area contributed by atoms with Gasteiger partial charge in [0.25, 0.3) is 0 Å². The first-order chi connectivity index (χ1) is 25.8. The largest absolute Gasteiger partial charge is 0.551 e. The molecule has 242 valence electrons. The van der Waals surface area contributed by atoms with Crippen molar-refractivity contribution in [3.05, 3.63) is 182 Å². The van der Waals surface area contributed by atoms with Crippen LogP contribution in [-0.2, 0) is 0 Å². The smallest absolute Gasteiger partial charge is 0.434 e. The Kier molecular flexibility index (Phi) is 6.35. The zero-order chi connectivity index (χ0) is 34.2. The number of aromatic nitrogens is 1. The van der Waals surface area contributed by atoms with E-state index in [1.54, 1.807) is 0 Å². The quantitative estimate of drug-likeness (QED) is 0.175. The van der Waals surface area contributed by atoms with Crippen LogP contribution in [-0.4, -0.2) is 11.5 Å². The fourth-order valence-electron chi connectivity index (χ4n) is 8.32. The van der Waals surface area contributed by atoms with Gasteiger partial charge in [0, 0.05) is 32.9 Å². The fraction of sp³-hybridized carbons (Fsp3) is 0. The summed E-state index contributed by atoms with van der Waals surface area (Å²) in [5.41, 5.74) is 14.8. The van der Waals surface area contributed by atoms with Crippen LogP contribution in [0.25, 0.3) is 72.0 Å². The molecule has 4 heteroatoms. The first-order valence-electron chi connectivity index (χ1n) is 17.8. The molecule has 0 unspecified atom stereocenters. The maximum Gasteiger partial charge on any atom is 0.434 e. The lowest BCUT2D eigenvalue weighted by Gasteiger charge is -2.33. The summed E-state index contributed by atoms with van der Waals surface area (Å²) >= 11 is 0. The Balaban J connectivity index is 0.993. The third-order valence-electron chi connectivity index (χ3n) is 10.7. The van der Waals surface area contributed by atoms with E-state index in [4.69, 9.17) is 9.39 Å². The first-order valence-corrected chi connectivity index (χ1v) is 17.8. The van der Waals surface area contributed by atoms with Gasteiger partial charge in [0.1, 0.15) is 17.2 Å². The number of hydrogen-bond donors (Lipinski definition) is 0. The Bertz CT molecular complexity index is 2820. The standard InChI is InChI=1S/C48H30BNO2/c1-2-12-31(13-3-1)36-16-4-5-17-37(36)34-25-27-42-47(30-34)51-45-23-11-20-41-40-26-24-33(29-46(40)52-49(42)48(41)45)32-14-10-15-35(28-32)50-43-21-8-6-18-38(43)39-19-7-9-22-44(39)50/h1-30H. The maximum atomic E-state index is 7.00. The highest BCUT2D eigenvalue weighted by Gasteiger charge is 2.40. The molecule has 2 aliphatic heterocycles. The summed E-state index contributed by atoms with van der Waals surface area (Å²) in [7, 11) is 0. The number of benzene rings is 8. The Labute approximate surface area is 302 Å². The van der Waals surface area contributed by atoms with E-state index in [1.165, 1.54) is 38.5 Å². The SMILES string of the molecule is c1ccc(-c2ccccc2-c2ccc3c(c2)Oc2cccc4c2B3Oc2cc(-c3cccc(-n5c6ccccc6c6ccccc65)c3)ccc2-4)cc1. The normalized spacial score (nSPS) is 12.5. The van der Waals surface area contributed by atoms with Crippen LogP contribution >= 0.6 is 0 Å². The van der Waals surface area contributed by atoms with Gasteiger partial charge in [0.15, 0.2) is 0 Å². The molecule has 0 spiro atoms. The van der Waals surface area contributed by atoms with Crippen molar-refractivity contribution >= 4 is 39.6 Å². The van der Waals surface area contributed by atoms with Crippen LogP contribution in [0.2, 0.25) is 0 Å². The molecule has 0 saturated heterocycles. The summed E-state index contributed by atoms with van der Waals surface area (Å²) in [6.45, 7) is -0.278. The van der Waals surface area contributed by atoms with E-state index < -0.39 is 0 Å². The summed E-state index contributed by atoms with van der Waals surface area (Å²) in [5.74, 6) is 2.55. The van der Waals surface area contributed by atoms with Crippen LogP contribution in [0, 0.1) is 0 Å². The van der Waals surface area contributed by atoms with Crippen LogP contribution < -0.4 is 20.3 Å². The van der Waals surface area contributed by atoms with E-state index in [1.807, 2.05) is 0 Å². The molecule has 0 amide bonds. The van der Waals surface area contributed by atoms with Crippen molar-refractivity contribution in [3.8, 4) is 67.4 Å². The van der Waals surface area contributed by atoms with Crippen LogP contribution in [0.5, 0.6) is 17.2 Å².